The quantitative estimate of drug-likeness (QED) is 0.864. The van der Waals surface area contributed by atoms with E-state index >= 15 is 0 Å². The minimum absolute atomic E-state index is 0.0475. The molecule has 1 aliphatic carbocycles. The number of Topliss-reactive ketones (excluding diaryl/α,β-unsaturated/α-hetero) is 1. The van der Waals surface area contributed by atoms with Gasteiger partial charge in [0.2, 0.25) is 5.95 Å². The summed E-state index contributed by atoms with van der Waals surface area (Å²) >= 11 is 0. The maximum atomic E-state index is 12.5. The summed E-state index contributed by atoms with van der Waals surface area (Å²) in [5, 5.41) is 24.7. The van der Waals surface area contributed by atoms with Gasteiger partial charge in [0.15, 0.2) is 17.3 Å². The molecule has 0 bridgehead atoms. The Morgan fingerprint density at radius 2 is 2.26 bits per heavy atom. The van der Waals surface area contributed by atoms with Gasteiger partial charge in [-0.25, -0.2) is 0 Å². The number of aromatic hydroxyl groups is 1. The zero-order chi connectivity index (χ0) is 16.0. The summed E-state index contributed by atoms with van der Waals surface area (Å²) < 4.78 is 6.77. The molecule has 1 aromatic heterocycles. The lowest BCUT2D eigenvalue weighted by Gasteiger charge is -2.31. The van der Waals surface area contributed by atoms with Gasteiger partial charge in [0.1, 0.15) is 6.04 Å². The smallest absolute Gasteiger partial charge is 0.248 e. The molecule has 1 aliphatic heterocycles. The fraction of sp³-hybridized carbons (Fsp3) is 0.333. The molecule has 4 rings (SSSR count). The number of rotatable bonds is 2. The largest absolute Gasteiger partial charge is 0.504 e. The number of ketones is 1. The number of hydrogen-bond donors (Lipinski definition) is 2. The van der Waals surface area contributed by atoms with E-state index in [1.165, 1.54) is 7.11 Å². The van der Waals surface area contributed by atoms with Crippen molar-refractivity contribution in [3.8, 4) is 11.5 Å². The third kappa shape index (κ3) is 2.06. The Balaban J connectivity index is 1.91. The van der Waals surface area contributed by atoms with Crippen molar-refractivity contribution in [3.63, 3.8) is 0 Å². The van der Waals surface area contributed by atoms with Gasteiger partial charge in [-0.1, -0.05) is 11.2 Å². The molecule has 2 aliphatic rings. The SMILES string of the molecule is COc1cc(C2C3=C(CCCC3=O)Nc3nnnn32)ccc1O. The van der Waals surface area contributed by atoms with Gasteiger partial charge in [0.05, 0.1) is 7.11 Å². The number of methoxy groups -OCH3 is 1. The Morgan fingerprint density at radius 1 is 1.39 bits per heavy atom. The Morgan fingerprint density at radius 3 is 3.09 bits per heavy atom. The number of phenols is 1. The first kappa shape index (κ1) is 13.7. The number of ether oxygens (including phenoxy) is 1. The van der Waals surface area contributed by atoms with Gasteiger partial charge < -0.3 is 15.2 Å². The number of nitrogens with zero attached hydrogens (tertiary/aromatic N) is 4. The second-order valence-corrected chi connectivity index (χ2v) is 5.57. The maximum absolute atomic E-state index is 12.5. The first-order chi connectivity index (χ1) is 11.2. The summed E-state index contributed by atoms with van der Waals surface area (Å²) in [6.45, 7) is 0. The molecule has 2 heterocycles. The van der Waals surface area contributed by atoms with E-state index in [2.05, 4.69) is 20.8 Å². The van der Waals surface area contributed by atoms with Crippen molar-refractivity contribution in [2.45, 2.75) is 25.3 Å². The fourth-order valence-corrected chi connectivity index (χ4v) is 3.19. The predicted octanol–water partition coefficient (Wildman–Crippen LogP) is 1.41. The van der Waals surface area contributed by atoms with E-state index < -0.39 is 6.04 Å². The normalized spacial score (nSPS) is 19.9. The van der Waals surface area contributed by atoms with Gasteiger partial charge in [-0.2, -0.15) is 4.68 Å². The lowest BCUT2D eigenvalue weighted by atomic mass is 9.85. The standard InChI is InChI=1S/C15H15N5O3/c1-23-12-7-8(5-6-10(12)21)14-13-9(3-2-4-11(13)22)16-15-17-18-19-20(14)15/h5-7,14,21H,2-4H2,1H3,(H,16,17,19). The van der Waals surface area contributed by atoms with Crippen molar-refractivity contribution < 1.29 is 14.6 Å². The van der Waals surface area contributed by atoms with Gasteiger partial charge in [0, 0.05) is 17.7 Å². The molecule has 0 fully saturated rings. The van der Waals surface area contributed by atoms with Gasteiger partial charge in [-0.3, -0.25) is 4.79 Å². The number of tetrazole rings is 1. The number of phenolic OH excluding ortho intramolecular Hbond substituents is 1. The molecule has 23 heavy (non-hydrogen) atoms. The zero-order valence-electron chi connectivity index (χ0n) is 12.5. The molecule has 2 N–H and O–H groups in total. The highest BCUT2D eigenvalue weighted by atomic mass is 16.5. The highest BCUT2D eigenvalue weighted by molar-refractivity contribution is 5.99. The number of allylic oxidation sites excluding steroid dienone is 2. The summed E-state index contributed by atoms with van der Waals surface area (Å²) in [6, 6.07) is 4.60. The third-order valence-electron chi connectivity index (χ3n) is 4.25. The number of nitrogens with one attached hydrogen (secondary N) is 1. The van der Waals surface area contributed by atoms with Crippen molar-refractivity contribution in [3.05, 3.63) is 35.0 Å². The number of hydrogen-bond acceptors (Lipinski definition) is 7. The van der Waals surface area contributed by atoms with E-state index in [9.17, 15) is 9.90 Å². The molecule has 8 heteroatoms. The van der Waals surface area contributed by atoms with E-state index in [4.69, 9.17) is 4.74 Å². The van der Waals surface area contributed by atoms with Crippen LogP contribution in [-0.4, -0.2) is 38.2 Å². The van der Waals surface area contributed by atoms with E-state index in [1.54, 1.807) is 22.9 Å². The number of anilines is 1. The topological polar surface area (TPSA) is 102 Å². The van der Waals surface area contributed by atoms with Crippen LogP contribution in [0.3, 0.4) is 0 Å². The summed E-state index contributed by atoms with van der Waals surface area (Å²) in [4.78, 5) is 12.5. The third-order valence-corrected chi connectivity index (χ3v) is 4.25. The molecule has 0 saturated carbocycles. The molecule has 0 radical (unpaired) electrons. The molecule has 0 amide bonds. The molecule has 1 aromatic carbocycles. The Bertz CT molecular complexity index is 826. The molecule has 1 atom stereocenters. The Labute approximate surface area is 131 Å². The second kappa shape index (κ2) is 5.08. The molecule has 1 unspecified atom stereocenters. The van der Waals surface area contributed by atoms with Crippen molar-refractivity contribution in [1.82, 2.24) is 20.2 Å². The van der Waals surface area contributed by atoms with E-state index in [0.29, 0.717) is 23.7 Å². The first-order valence-electron chi connectivity index (χ1n) is 7.37. The monoisotopic (exact) mass is 313 g/mol. The van der Waals surface area contributed by atoms with Crippen LogP contribution in [0.4, 0.5) is 5.95 Å². The van der Waals surface area contributed by atoms with Crippen LogP contribution >= 0.6 is 0 Å². The van der Waals surface area contributed by atoms with E-state index in [0.717, 1.165) is 24.1 Å². The molecule has 8 nitrogen and oxygen atoms in total. The van der Waals surface area contributed by atoms with Gasteiger partial charge in [-0.05, 0) is 41.0 Å². The number of carbonyl (C=O) groups is 1. The van der Waals surface area contributed by atoms with Gasteiger partial charge in [0.25, 0.3) is 0 Å². The van der Waals surface area contributed by atoms with Crippen molar-refractivity contribution in [2.75, 3.05) is 12.4 Å². The molecule has 0 saturated heterocycles. The predicted molar refractivity (Wildman–Crippen MR) is 80.1 cm³/mol. The van der Waals surface area contributed by atoms with Crippen molar-refractivity contribution >= 4 is 11.7 Å². The lowest BCUT2D eigenvalue weighted by molar-refractivity contribution is -0.116. The van der Waals surface area contributed by atoms with Crippen LogP contribution in [0.1, 0.15) is 30.9 Å². The van der Waals surface area contributed by atoms with Crippen LogP contribution in [0.2, 0.25) is 0 Å². The zero-order valence-corrected chi connectivity index (χ0v) is 12.5. The van der Waals surface area contributed by atoms with Crippen LogP contribution in [0.15, 0.2) is 29.5 Å². The number of aromatic nitrogens is 4. The molecule has 118 valence electrons. The first-order valence-corrected chi connectivity index (χ1v) is 7.37. The fourth-order valence-electron chi connectivity index (χ4n) is 3.19. The molecular formula is C15H15N5O3. The van der Waals surface area contributed by atoms with Crippen LogP contribution in [0, 0.1) is 0 Å². The second-order valence-electron chi connectivity index (χ2n) is 5.57. The minimum Gasteiger partial charge on any atom is -0.504 e. The van der Waals surface area contributed by atoms with Gasteiger partial charge in [-0.15, -0.1) is 0 Å². The lowest BCUT2D eigenvalue weighted by Crippen LogP contribution is -2.31. The van der Waals surface area contributed by atoms with Gasteiger partial charge >= 0.3 is 0 Å². The van der Waals surface area contributed by atoms with Crippen LogP contribution in [-0.2, 0) is 4.79 Å². The summed E-state index contributed by atoms with van der Waals surface area (Å²) in [7, 11) is 1.49. The average Bonchev–Trinajstić information content (AvgIpc) is 3.02. The number of fused-ring (bicyclic) bond motifs is 1. The molecule has 2 aromatic rings. The number of benzene rings is 1. The van der Waals surface area contributed by atoms with Crippen LogP contribution in [0.25, 0.3) is 0 Å². The summed E-state index contributed by atoms with van der Waals surface area (Å²) in [5.74, 6) is 1.000. The van der Waals surface area contributed by atoms with Crippen LogP contribution < -0.4 is 10.1 Å². The van der Waals surface area contributed by atoms with Crippen LogP contribution in [0.5, 0.6) is 11.5 Å². The average molecular weight is 313 g/mol. The number of carbonyl (C=O) groups excluding carboxylic acids is 1. The Kier molecular flexibility index (Phi) is 3.03. The summed E-state index contributed by atoms with van der Waals surface area (Å²) in [5.41, 5.74) is 2.35. The summed E-state index contributed by atoms with van der Waals surface area (Å²) in [6.07, 6.45) is 2.13. The Hall–Kier alpha value is -2.90. The molecular weight excluding hydrogens is 298 g/mol. The highest BCUT2D eigenvalue weighted by Crippen LogP contribution is 2.41. The van der Waals surface area contributed by atoms with E-state index in [-0.39, 0.29) is 11.5 Å². The minimum atomic E-state index is -0.418. The van der Waals surface area contributed by atoms with E-state index in [1.807, 2.05) is 0 Å². The van der Waals surface area contributed by atoms with Crippen molar-refractivity contribution in [1.29, 1.82) is 0 Å². The highest BCUT2D eigenvalue weighted by Gasteiger charge is 2.36. The van der Waals surface area contributed by atoms with Crippen molar-refractivity contribution in [2.24, 2.45) is 0 Å². The maximum Gasteiger partial charge on any atom is 0.248 e. The molecule has 0 spiro atoms.